The van der Waals surface area contributed by atoms with Gasteiger partial charge in [0.05, 0.1) is 12.2 Å². The molecular formula is C16H14FNO. The lowest BCUT2D eigenvalue weighted by Gasteiger charge is -2.12. The van der Waals surface area contributed by atoms with Crippen LogP contribution in [0.5, 0.6) is 5.75 Å². The van der Waals surface area contributed by atoms with Crippen molar-refractivity contribution in [1.82, 2.24) is 0 Å². The lowest BCUT2D eigenvalue weighted by Crippen LogP contribution is -1.98. The van der Waals surface area contributed by atoms with Crippen molar-refractivity contribution in [3.63, 3.8) is 0 Å². The molecule has 0 aliphatic carbocycles. The number of hydrogen-bond donors (Lipinski definition) is 0. The first-order chi connectivity index (χ1) is 9.27. The summed E-state index contributed by atoms with van der Waals surface area (Å²) >= 11 is 0. The van der Waals surface area contributed by atoms with Crippen molar-refractivity contribution in [2.24, 2.45) is 0 Å². The first kappa shape index (κ1) is 13.1. The normalized spacial score (nSPS) is 9.95. The summed E-state index contributed by atoms with van der Waals surface area (Å²) in [5, 5.41) is 9.10. The molecule has 0 heterocycles. The van der Waals surface area contributed by atoms with Gasteiger partial charge in [-0.2, -0.15) is 5.26 Å². The zero-order valence-electron chi connectivity index (χ0n) is 10.7. The third-order valence-electron chi connectivity index (χ3n) is 2.76. The fourth-order valence-electron chi connectivity index (χ4n) is 1.89. The molecule has 2 nitrogen and oxygen atoms in total. The number of benzene rings is 2. The van der Waals surface area contributed by atoms with Crippen LogP contribution in [-0.2, 0) is 0 Å². The minimum Gasteiger partial charge on any atom is -0.493 e. The highest BCUT2D eigenvalue weighted by molar-refractivity contribution is 5.75. The second-order valence-corrected chi connectivity index (χ2v) is 4.12. The maximum Gasteiger partial charge on any atom is 0.141 e. The van der Waals surface area contributed by atoms with Gasteiger partial charge in [-0.3, -0.25) is 0 Å². The van der Waals surface area contributed by atoms with Crippen molar-refractivity contribution in [3.05, 3.63) is 53.8 Å². The summed E-state index contributed by atoms with van der Waals surface area (Å²) < 4.78 is 19.3. The second kappa shape index (κ2) is 6.01. The van der Waals surface area contributed by atoms with E-state index in [9.17, 15) is 4.39 Å². The highest BCUT2D eigenvalue weighted by atomic mass is 19.1. The van der Waals surface area contributed by atoms with Gasteiger partial charge in [-0.1, -0.05) is 37.3 Å². The largest absolute Gasteiger partial charge is 0.493 e. The number of halogens is 1. The van der Waals surface area contributed by atoms with E-state index in [1.165, 1.54) is 6.07 Å². The molecule has 0 aliphatic rings. The summed E-state index contributed by atoms with van der Waals surface area (Å²) in [6.07, 6.45) is 0.891. The minimum atomic E-state index is -0.509. The van der Waals surface area contributed by atoms with E-state index in [1.807, 2.05) is 37.3 Å². The van der Waals surface area contributed by atoms with Crippen LogP contribution in [-0.4, -0.2) is 6.61 Å². The Morgan fingerprint density at radius 3 is 2.58 bits per heavy atom. The molecule has 2 rings (SSSR count). The van der Waals surface area contributed by atoms with Crippen molar-refractivity contribution >= 4 is 0 Å². The van der Waals surface area contributed by atoms with Crippen LogP contribution in [0.25, 0.3) is 11.1 Å². The van der Waals surface area contributed by atoms with Gasteiger partial charge in [-0.15, -0.1) is 0 Å². The summed E-state index contributed by atoms with van der Waals surface area (Å²) in [4.78, 5) is 0. The number of para-hydroxylation sites is 1. The predicted molar refractivity (Wildman–Crippen MR) is 72.3 cm³/mol. The molecule has 0 fully saturated rings. The number of hydrogen-bond acceptors (Lipinski definition) is 2. The Morgan fingerprint density at radius 2 is 1.84 bits per heavy atom. The van der Waals surface area contributed by atoms with E-state index in [2.05, 4.69) is 0 Å². The number of nitrogens with zero attached hydrogens (tertiary/aromatic N) is 1. The molecule has 0 unspecified atom stereocenters. The SMILES string of the molecule is CCCOc1ccccc1-c1cccc(F)c1C#N. The van der Waals surface area contributed by atoms with Crippen molar-refractivity contribution in [2.75, 3.05) is 6.61 Å². The quantitative estimate of drug-likeness (QED) is 0.822. The Kier molecular flexibility index (Phi) is 4.15. The first-order valence-corrected chi connectivity index (χ1v) is 6.18. The Morgan fingerprint density at radius 1 is 1.11 bits per heavy atom. The van der Waals surface area contributed by atoms with Gasteiger partial charge in [0.25, 0.3) is 0 Å². The van der Waals surface area contributed by atoms with Crippen molar-refractivity contribution < 1.29 is 9.13 Å². The van der Waals surface area contributed by atoms with E-state index in [0.717, 1.165) is 12.0 Å². The van der Waals surface area contributed by atoms with Crippen LogP contribution in [0.2, 0.25) is 0 Å². The molecule has 2 aromatic carbocycles. The molecule has 0 saturated carbocycles. The van der Waals surface area contributed by atoms with E-state index in [1.54, 1.807) is 12.1 Å². The summed E-state index contributed by atoms with van der Waals surface area (Å²) in [5.41, 5.74) is 1.36. The molecule has 0 radical (unpaired) electrons. The average molecular weight is 255 g/mol. The molecule has 0 aliphatic heterocycles. The maximum absolute atomic E-state index is 13.7. The Balaban J connectivity index is 2.53. The molecule has 0 saturated heterocycles. The van der Waals surface area contributed by atoms with Gasteiger partial charge < -0.3 is 4.74 Å². The molecule has 2 aromatic rings. The zero-order valence-corrected chi connectivity index (χ0v) is 10.7. The summed E-state index contributed by atoms with van der Waals surface area (Å²) in [7, 11) is 0. The van der Waals surface area contributed by atoms with Crippen LogP contribution in [0.15, 0.2) is 42.5 Å². The van der Waals surface area contributed by atoms with Crippen LogP contribution in [0.4, 0.5) is 4.39 Å². The lowest BCUT2D eigenvalue weighted by atomic mass is 9.99. The van der Waals surface area contributed by atoms with E-state index < -0.39 is 5.82 Å². The van der Waals surface area contributed by atoms with Crippen LogP contribution in [0, 0.1) is 17.1 Å². The third-order valence-corrected chi connectivity index (χ3v) is 2.76. The minimum absolute atomic E-state index is 0.0510. The average Bonchev–Trinajstić information content (AvgIpc) is 2.45. The lowest BCUT2D eigenvalue weighted by molar-refractivity contribution is 0.318. The Hall–Kier alpha value is -2.34. The monoisotopic (exact) mass is 255 g/mol. The molecule has 0 bridgehead atoms. The van der Waals surface area contributed by atoms with E-state index in [0.29, 0.717) is 17.9 Å². The second-order valence-electron chi connectivity index (χ2n) is 4.12. The van der Waals surface area contributed by atoms with Gasteiger partial charge >= 0.3 is 0 Å². The van der Waals surface area contributed by atoms with Gasteiger partial charge in [0.1, 0.15) is 17.6 Å². The van der Waals surface area contributed by atoms with Crippen LogP contribution in [0.3, 0.4) is 0 Å². The molecule has 19 heavy (non-hydrogen) atoms. The highest BCUT2D eigenvalue weighted by Crippen LogP contribution is 2.33. The molecule has 0 amide bonds. The van der Waals surface area contributed by atoms with Crippen molar-refractivity contribution in [3.8, 4) is 22.9 Å². The molecule has 3 heteroatoms. The maximum atomic E-state index is 13.7. The van der Waals surface area contributed by atoms with Crippen LogP contribution < -0.4 is 4.74 Å². The summed E-state index contributed by atoms with van der Waals surface area (Å²) in [6, 6.07) is 13.9. The van der Waals surface area contributed by atoms with Crippen molar-refractivity contribution in [1.29, 1.82) is 5.26 Å². The van der Waals surface area contributed by atoms with Gasteiger partial charge in [0.15, 0.2) is 0 Å². The smallest absolute Gasteiger partial charge is 0.141 e. The fourth-order valence-corrected chi connectivity index (χ4v) is 1.89. The Labute approximate surface area is 112 Å². The number of nitriles is 1. The molecule has 96 valence electrons. The molecule has 0 atom stereocenters. The number of ether oxygens (including phenoxy) is 1. The Bertz CT molecular complexity index is 616. The van der Waals surface area contributed by atoms with Gasteiger partial charge in [0.2, 0.25) is 0 Å². The number of rotatable bonds is 4. The summed E-state index contributed by atoms with van der Waals surface area (Å²) in [6.45, 7) is 2.61. The molecule has 0 aromatic heterocycles. The standard InChI is InChI=1S/C16H14FNO/c1-2-10-19-16-9-4-3-6-13(16)12-7-5-8-15(17)14(12)11-18/h3-9H,2,10H2,1H3. The molecular weight excluding hydrogens is 241 g/mol. The molecule has 0 spiro atoms. The zero-order chi connectivity index (χ0) is 13.7. The summed E-state index contributed by atoms with van der Waals surface area (Å²) in [5.74, 6) is 0.164. The predicted octanol–water partition coefficient (Wildman–Crippen LogP) is 4.15. The van der Waals surface area contributed by atoms with Crippen LogP contribution in [0.1, 0.15) is 18.9 Å². The third kappa shape index (κ3) is 2.74. The highest BCUT2D eigenvalue weighted by Gasteiger charge is 2.13. The molecule has 0 N–H and O–H groups in total. The van der Waals surface area contributed by atoms with Crippen molar-refractivity contribution in [2.45, 2.75) is 13.3 Å². The topological polar surface area (TPSA) is 33.0 Å². The van der Waals surface area contributed by atoms with E-state index in [-0.39, 0.29) is 5.56 Å². The first-order valence-electron chi connectivity index (χ1n) is 6.18. The van der Waals surface area contributed by atoms with E-state index in [4.69, 9.17) is 10.00 Å². The fraction of sp³-hybridized carbons (Fsp3) is 0.188. The van der Waals surface area contributed by atoms with E-state index >= 15 is 0 Å². The van der Waals surface area contributed by atoms with Gasteiger partial charge in [0, 0.05) is 11.1 Å². The van der Waals surface area contributed by atoms with Gasteiger partial charge in [-0.25, -0.2) is 4.39 Å². The van der Waals surface area contributed by atoms with Gasteiger partial charge in [-0.05, 0) is 18.6 Å². The van der Waals surface area contributed by atoms with Crippen LogP contribution >= 0.6 is 0 Å².